The zero-order valence-electron chi connectivity index (χ0n) is 18.3. The summed E-state index contributed by atoms with van der Waals surface area (Å²) < 4.78 is 233. The lowest BCUT2D eigenvalue weighted by Gasteiger charge is -2.44. The fraction of sp³-hybridized carbons (Fsp3) is 0.632. The summed E-state index contributed by atoms with van der Waals surface area (Å²) in [5.41, 5.74) is -3.96. The number of nitrogens with zero attached hydrogens (tertiary/aromatic N) is 1. The van der Waals surface area contributed by atoms with Crippen LogP contribution in [0.4, 0.5) is 74.6 Å². The molecule has 19 heteroatoms. The minimum atomic E-state index is -8.69. The van der Waals surface area contributed by atoms with Crippen LogP contribution >= 0.6 is 0 Å². The molecule has 0 aliphatic heterocycles. The van der Waals surface area contributed by atoms with Gasteiger partial charge in [0.2, 0.25) is 0 Å². The molecule has 1 rings (SSSR count). The van der Waals surface area contributed by atoms with Gasteiger partial charge in [-0.1, -0.05) is 12.1 Å². The summed E-state index contributed by atoms with van der Waals surface area (Å²) in [6.07, 6.45) is -10.6. The molecule has 0 heterocycles. The highest BCUT2D eigenvalue weighted by molar-refractivity contribution is 5.35. The van der Waals surface area contributed by atoms with Gasteiger partial charge in [0.15, 0.2) is 0 Å². The van der Waals surface area contributed by atoms with E-state index in [0.29, 0.717) is 20.1 Å². The third-order valence-electron chi connectivity index (χ3n) is 5.40. The molecule has 1 atom stereocenters. The number of rotatable bonds is 10. The fourth-order valence-electron chi connectivity index (χ4n) is 2.94. The van der Waals surface area contributed by atoms with Gasteiger partial charge in [0.25, 0.3) is 0 Å². The quantitative estimate of drug-likeness (QED) is 0.259. The van der Waals surface area contributed by atoms with Gasteiger partial charge >= 0.3 is 47.6 Å². The Morgan fingerprint density at radius 1 is 0.658 bits per heavy atom. The Morgan fingerprint density at radius 2 is 1.05 bits per heavy atom. The number of hydrogen-bond acceptors (Lipinski definition) is 2. The first-order valence-electron chi connectivity index (χ1n) is 9.33. The number of alkyl halides is 17. The Morgan fingerprint density at radius 3 is 1.42 bits per heavy atom. The van der Waals surface area contributed by atoms with Crippen LogP contribution in [0, 0.1) is 11.3 Å². The summed E-state index contributed by atoms with van der Waals surface area (Å²) >= 11 is 0. The maximum Gasteiger partial charge on any atom is 0.460 e. The molecule has 1 aromatic carbocycles. The van der Waals surface area contributed by atoms with Crippen molar-refractivity contribution in [3.63, 3.8) is 0 Å². The molecule has 0 bridgehead atoms. The van der Waals surface area contributed by atoms with E-state index in [0.717, 1.165) is 18.2 Å². The first kappa shape index (κ1) is 33.5. The second-order valence-electron chi connectivity index (χ2n) is 7.95. The second kappa shape index (κ2) is 9.30. The van der Waals surface area contributed by atoms with Gasteiger partial charge in [0.05, 0.1) is 23.7 Å². The SMILES string of the molecule is COC(C)(CC(F)(F)C(F)(F)C(F)(F)C(F)(F)C(F)(F)C(F)(F)C(F)(F)C(F)(F)F)c1cccc(C#N)c1. The molecule has 0 radical (unpaired) electrons. The van der Waals surface area contributed by atoms with Crippen molar-refractivity contribution in [2.75, 3.05) is 7.11 Å². The van der Waals surface area contributed by atoms with Crippen LogP contribution in [0.2, 0.25) is 0 Å². The molecule has 0 fully saturated rings. The number of benzene rings is 1. The highest BCUT2D eigenvalue weighted by atomic mass is 19.4. The lowest BCUT2D eigenvalue weighted by Crippen LogP contribution is -2.74. The van der Waals surface area contributed by atoms with E-state index in [4.69, 9.17) is 5.26 Å². The summed E-state index contributed by atoms with van der Waals surface area (Å²) in [5, 5.41) is 8.81. The Labute approximate surface area is 200 Å². The summed E-state index contributed by atoms with van der Waals surface area (Å²) in [4.78, 5) is 0. The van der Waals surface area contributed by atoms with E-state index in [9.17, 15) is 74.6 Å². The van der Waals surface area contributed by atoms with E-state index < -0.39 is 65.2 Å². The lowest BCUT2D eigenvalue weighted by molar-refractivity contribution is -0.462. The van der Waals surface area contributed by atoms with Crippen LogP contribution in [0.15, 0.2) is 24.3 Å². The largest absolute Gasteiger partial charge is 0.460 e. The van der Waals surface area contributed by atoms with E-state index >= 15 is 0 Å². The third kappa shape index (κ3) is 4.62. The van der Waals surface area contributed by atoms with Crippen molar-refractivity contribution < 1.29 is 79.4 Å². The smallest absolute Gasteiger partial charge is 0.374 e. The van der Waals surface area contributed by atoms with Gasteiger partial charge < -0.3 is 4.74 Å². The molecule has 0 aliphatic carbocycles. The number of halogens is 17. The molecule has 218 valence electrons. The van der Waals surface area contributed by atoms with Gasteiger partial charge in [-0.05, 0) is 24.6 Å². The number of methoxy groups -OCH3 is 1. The Bertz CT molecular complexity index is 1060. The molecule has 0 aromatic heterocycles. The molecule has 2 nitrogen and oxygen atoms in total. The predicted octanol–water partition coefficient (Wildman–Crippen LogP) is 7.82. The minimum absolute atomic E-state index is 0.370. The van der Waals surface area contributed by atoms with Crippen LogP contribution in [0.1, 0.15) is 24.5 Å². The molecule has 38 heavy (non-hydrogen) atoms. The Hall–Kier alpha value is -2.52. The fourth-order valence-corrected chi connectivity index (χ4v) is 2.94. The Balaban J connectivity index is 3.69. The van der Waals surface area contributed by atoms with Crippen molar-refractivity contribution in [2.24, 2.45) is 0 Å². The summed E-state index contributed by atoms with van der Waals surface area (Å²) in [7, 11) is 0.480. The maximum absolute atomic E-state index is 14.4. The van der Waals surface area contributed by atoms with Crippen molar-refractivity contribution >= 4 is 0 Å². The van der Waals surface area contributed by atoms with E-state index in [1.165, 1.54) is 6.07 Å². The standard InChI is InChI=1S/C19H12F17NO/c1-11(38-2,10-5-3-4-9(6-10)7-37)8-12(20,21)13(22,23)14(24,25)15(26,27)16(28,29)17(30,31)18(32,33)19(34,35)36/h3-6H,8H2,1-2H3. The van der Waals surface area contributed by atoms with E-state index in [1.807, 2.05) is 0 Å². The molecule has 0 amide bonds. The van der Waals surface area contributed by atoms with Gasteiger partial charge in [-0.3, -0.25) is 0 Å². The van der Waals surface area contributed by atoms with Crippen molar-refractivity contribution in [3.05, 3.63) is 35.4 Å². The molecular formula is C19H12F17NO. The van der Waals surface area contributed by atoms with Crippen LogP contribution < -0.4 is 0 Å². The zero-order chi connectivity index (χ0) is 30.6. The molecule has 0 spiro atoms. The molecule has 0 saturated heterocycles. The summed E-state index contributed by atoms with van der Waals surface area (Å²) in [5.74, 6) is -56.9. The van der Waals surface area contributed by atoms with Crippen LogP contribution in [0.5, 0.6) is 0 Å². The lowest BCUT2D eigenvalue weighted by atomic mass is 9.83. The van der Waals surface area contributed by atoms with Crippen molar-refractivity contribution in [3.8, 4) is 6.07 Å². The highest BCUT2D eigenvalue weighted by Gasteiger charge is 2.95. The number of hydrogen-bond donors (Lipinski definition) is 0. The van der Waals surface area contributed by atoms with Crippen LogP contribution in [0.25, 0.3) is 0 Å². The maximum atomic E-state index is 14.4. The average Bonchev–Trinajstić information content (AvgIpc) is 2.77. The van der Waals surface area contributed by atoms with Crippen molar-refractivity contribution in [1.82, 2.24) is 0 Å². The molecule has 0 N–H and O–H groups in total. The molecule has 1 aromatic rings. The van der Waals surface area contributed by atoms with Crippen LogP contribution in [-0.2, 0) is 10.3 Å². The molecular weight excluding hydrogens is 581 g/mol. The van der Waals surface area contributed by atoms with E-state index in [-0.39, 0.29) is 5.56 Å². The first-order chi connectivity index (χ1) is 16.6. The molecule has 0 aliphatic rings. The summed E-state index contributed by atoms with van der Waals surface area (Å²) in [6.45, 7) is 0.441. The monoisotopic (exact) mass is 593 g/mol. The molecule has 1 unspecified atom stereocenters. The average molecular weight is 593 g/mol. The predicted molar refractivity (Wildman–Crippen MR) is 90.8 cm³/mol. The van der Waals surface area contributed by atoms with Gasteiger partial charge in [-0.2, -0.15) is 79.9 Å². The second-order valence-corrected chi connectivity index (χ2v) is 7.95. The highest BCUT2D eigenvalue weighted by Crippen LogP contribution is 2.64. The molecule has 0 saturated carbocycles. The van der Waals surface area contributed by atoms with E-state index in [2.05, 4.69) is 4.74 Å². The van der Waals surface area contributed by atoms with Crippen LogP contribution in [-0.4, -0.2) is 54.7 Å². The third-order valence-corrected chi connectivity index (χ3v) is 5.40. The topological polar surface area (TPSA) is 33.0 Å². The number of ether oxygens (including phenoxy) is 1. The summed E-state index contributed by atoms with van der Waals surface area (Å²) in [6, 6.07) is 4.83. The van der Waals surface area contributed by atoms with Crippen molar-refractivity contribution in [1.29, 1.82) is 5.26 Å². The first-order valence-corrected chi connectivity index (χ1v) is 9.33. The number of nitriles is 1. The van der Waals surface area contributed by atoms with Gasteiger partial charge in [-0.15, -0.1) is 0 Å². The Kier molecular flexibility index (Phi) is 8.20. The van der Waals surface area contributed by atoms with Gasteiger partial charge in [-0.25, -0.2) is 0 Å². The van der Waals surface area contributed by atoms with Crippen molar-refractivity contribution in [2.45, 2.75) is 66.6 Å². The zero-order valence-corrected chi connectivity index (χ0v) is 18.3. The van der Waals surface area contributed by atoms with Crippen LogP contribution in [0.3, 0.4) is 0 Å². The minimum Gasteiger partial charge on any atom is -0.374 e. The normalized spacial score (nSPS) is 16.7. The van der Waals surface area contributed by atoms with Gasteiger partial charge in [0, 0.05) is 7.11 Å². The van der Waals surface area contributed by atoms with Gasteiger partial charge in [0.1, 0.15) is 0 Å². The van der Waals surface area contributed by atoms with E-state index in [1.54, 1.807) is 0 Å².